The quantitative estimate of drug-likeness (QED) is 0.691. The summed E-state index contributed by atoms with van der Waals surface area (Å²) in [5, 5.41) is 8.89. The van der Waals surface area contributed by atoms with Gasteiger partial charge in [0.2, 0.25) is 0 Å². The Morgan fingerprint density at radius 3 is 2.25 bits per heavy atom. The molecule has 1 aliphatic rings. The van der Waals surface area contributed by atoms with Crippen LogP contribution in [0, 0.1) is 5.92 Å². The van der Waals surface area contributed by atoms with E-state index in [1.165, 1.54) is 77.4 Å². The lowest BCUT2D eigenvalue weighted by atomic mass is 10.00. The maximum atomic E-state index is 8.89. The van der Waals surface area contributed by atoms with Gasteiger partial charge >= 0.3 is 0 Å². The topological polar surface area (TPSA) is 44.6 Å². The number of quaternary nitrogens is 1. The molecule has 0 radical (unpaired) electrons. The van der Waals surface area contributed by atoms with E-state index in [1.54, 1.807) is 0 Å². The first kappa shape index (κ1) is 19.4. The van der Waals surface area contributed by atoms with Gasteiger partial charge in [-0.2, -0.15) is 0 Å². The van der Waals surface area contributed by atoms with Crippen molar-refractivity contribution in [2.24, 2.45) is 5.92 Å². The monoisotopic (exact) mass is 285 g/mol. The van der Waals surface area contributed by atoms with Gasteiger partial charge in [-0.3, -0.25) is 0 Å². The zero-order chi connectivity index (χ0) is 15.2. The van der Waals surface area contributed by atoms with Crippen LogP contribution in [0.25, 0.3) is 0 Å². The van der Waals surface area contributed by atoms with Gasteiger partial charge in [0, 0.05) is 11.9 Å². The minimum absolute atomic E-state index is 0.972. The molecule has 3 nitrogen and oxygen atoms in total. The fourth-order valence-corrected chi connectivity index (χ4v) is 2.96. The number of likely N-dealkylation sites (tertiary alicyclic amines) is 1. The van der Waals surface area contributed by atoms with Crippen LogP contribution in [0.2, 0.25) is 0 Å². The summed E-state index contributed by atoms with van der Waals surface area (Å²) in [6, 6.07) is 0. The molecule has 1 heterocycles. The van der Waals surface area contributed by atoms with Crippen molar-refractivity contribution in [2.45, 2.75) is 78.6 Å². The van der Waals surface area contributed by atoms with Gasteiger partial charge in [-0.1, -0.05) is 46.0 Å². The number of carboxylic acid groups (broad SMARTS) is 1. The SMILES string of the molecule is CC(=O)[O-].CCCCCCCCC[NH+]1CCCC(C)C1. The Kier molecular flexibility index (Phi) is 13.0. The molecule has 2 unspecified atom stereocenters. The molecule has 3 heteroatoms. The second-order valence-electron chi connectivity index (χ2n) is 6.31. The van der Waals surface area contributed by atoms with Crippen LogP contribution in [-0.2, 0) is 4.79 Å². The lowest BCUT2D eigenvalue weighted by molar-refractivity contribution is -0.908. The van der Waals surface area contributed by atoms with Crippen molar-refractivity contribution in [1.29, 1.82) is 0 Å². The number of aliphatic carboxylic acids is 1. The van der Waals surface area contributed by atoms with Gasteiger partial charge in [-0.25, -0.2) is 0 Å². The standard InChI is InChI=1S/C15H31N.C2H4O2/c1-3-4-5-6-7-8-9-12-16-13-10-11-15(2)14-16;1-2(3)4/h15H,3-14H2,1-2H3;1H3,(H,3,4). The molecule has 0 aliphatic carbocycles. The second-order valence-corrected chi connectivity index (χ2v) is 6.31. The molecule has 120 valence electrons. The van der Waals surface area contributed by atoms with Gasteiger partial charge in [0.1, 0.15) is 0 Å². The van der Waals surface area contributed by atoms with Crippen molar-refractivity contribution in [1.82, 2.24) is 0 Å². The van der Waals surface area contributed by atoms with E-state index in [-0.39, 0.29) is 0 Å². The molecule has 0 aromatic rings. The van der Waals surface area contributed by atoms with Gasteiger partial charge < -0.3 is 14.8 Å². The van der Waals surface area contributed by atoms with Crippen LogP contribution in [0.4, 0.5) is 0 Å². The molecule has 20 heavy (non-hydrogen) atoms. The van der Waals surface area contributed by atoms with Crippen LogP contribution in [0.3, 0.4) is 0 Å². The molecular weight excluding hydrogens is 250 g/mol. The van der Waals surface area contributed by atoms with Crippen molar-refractivity contribution in [3.05, 3.63) is 0 Å². The molecule has 0 spiro atoms. The lowest BCUT2D eigenvalue weighted by Crippen LogP contribution is -3.13. The van der Waals surface area contributed by atoms with E-state index >= 15 is 0 Å². The zero-order valence-corrected chi connectivity index (χ0v) is 13.9. The van der Waals surface area contributed by atoms with Crippen molar-refractivity contribution in [3.63, 3.8) is 0 Å². The van der Waals surface area contributed by atoms with Gasteiger partial charge in [0.25, 0.3) is 0 Å². The summed E-state index contributed by atoms with van der Waals surface area (Å²) in [7, 11) is 0. The van der Waals surface area contributed by atoms with Crippen LogP contribution in [0.15, 0.2) is 0 Å². The number of carboxylic acids is 1. The van der Waals surface area contributed by atoms with Crippen molar-refractivity contribution >= 4 is 5.97 Å². The molecule has 1 aliphatic heterocycles. The first-order chi connectivity index (χ1) is 9.56. The molecule has 1 rings (SSSR count). The average Bonchev–Trinajstić information content (AvgIpc) is 2.37. The first-order valence-corrected chi connectivity index (χ1v) is 8.57. The number of carbonyl (C=O) groups is 1. The average molecular weight is 285 g/mol. The summed E-state index contributed by atoms with van der Waals surface area (Å²) in [5.41, 5.74) is 0. The summed E-state index contributed by atoms with van der Waals surface area (Å²) in [4.78, 5) is 10.8. The molecule has 0 aromatic carbocycles. The fraction of sp³-hybridized carbons (Fsp3) is 0.941. The molecule has 0 saturated carbocycles. The Balaban J connectivity index is 0.000000796. The molecule has 0 amide bonds. The van der Waals surface area contributed by atoms with Crippen LogP contribution < -0.4 is 10.0 Å². The summed E-state index contributed by atoms with van der Waals surface area (Å²) in [6.07, 6.45) is 13.1. The molecule has 0 bridgehead atoms. The van der Waals surface area contributed by atoms with Crippen LogP contribution in [0.1, 0.15) is 78.6 Å². The highest BCUT2D eigenvalue weighted by Crippen LogP contribution is 2.07. The first-order valence-electron chi connectivity index (χ1n) is 8.57. The molecule has 2 atom stereocenters. The molecule has 1 fully saturated rings. The Morgan fingerprint density at radius 2 is 1.70 bits per heavy atom. The lowest BCUT2D eigenvalue weighted by Gasteiger charge is -2.27. The van der Waals surface area contributed by atoms with E-state index in [2.05, 4.69) is 13.8 Å². The van der Waals surface area contributed by atoms with Crippen molar-refractivity contribution < 1.29 is 14.8 Å². The van der Waals surface area contributed by atoms with E-state index in [1.807, 2.05) is 4.90 Å². The van der Waals surface area contributed by atoms with Crippen LogP contribution in [0.5, 0.6) is 0 Å². The largest absolute Gasteiger partial charge is 0.550 e. The van der Waals surface area contributed by atoms with Gasteiger partial charge in [-0.15, -0.1) is 0 Å². The Hall–Kier alpha value is -0.570. The highest BCUT2D eigenvalue weighted by atomic mass is 16.4. The van der Waals surface area contributed by atoms with Gasteiger partial charge in [0.05, 0.1) is 19.6 Å². The van der Waals surface area contributed by atoms with Crippen LogP contribution >= 0.6 is 0 Å². The molecule has 0 aromatic heterocycles. The fourth-order valence-electron chi connectivity index (χ4n) is 2.96. The summed E-state index contributed by atoms with van der Waals surface area (Å²) in [5.74, 6) is -0.103. The Labute approximate surface area is 125 Å². The van der Waals surface area contributed by atoms with Crippen molar-refractivity contribution in [3.8, 4) is 0 Å². The summed E-state index contributed by atoms with van der Waals surface area (Å²) in [6.45, 7) is 10.0. The zero-order valence-electron chi connectivity index (χ0n) is 13.9. The smallest absolute Gasteiger partial charge is 0.0796 e. The number of carbonyl (C=O) groups excluding carboxylic acids is 1. The molecule has 1 N–H and O–H groups in total. The minimum Gasteiger partial charge on any atom is -0.550 e. The van der Waals surface area contributed by atoms with E-state index in [4.69, 9.17) is 9.90 Å². The molecular formula is C17H35NO2. The van der Waals surface area contributed by atoms with E-state index in [9.17, 15) is 0 Å². The van der Waals surface area contributed by atoms with Crippen LogP contribution in [-0.4, -0.2) is 25.6 Å². The second kappa shape index (κ2) is 13.4. The predicted octanol–water partition coefficient (Wildman–Crippen LogP) is 1.81. The molecule has 1 saturated heterocycles. The third-order valence-electron chi connectivity index (χ3n) is 4.00. The highest BCUT2D eigenvalue weighted by molar-refractivity contribution is 5.60. The van der Waals surface area contributed by atoms with Crippen molar-refractivity contribution in [2.75, 3.05) is 19.6 Å². The maximum Gasteiger partial charge on any atom is 0.0796 e. The summed E-state index contributed by atoms with van der Waals surface area (Å²) < 4.78 is 0. The number of rotatable bonds is 8. The number of hydrogen-bond donors (Lipinski definition) is 1. The summed E-state index contributed by atoms with van der Waals surface area (Å²) >= 11 is 0. The van der Waals surface area contributed by atoms with E-state index in [0.29, 0.717) is 0 Å². The third-order valence-corrected chi connectivity index (χ3v) is 4.00. The number of hydrogen-bond acceptors (Lipinski definition) is 2. The number of piperidine rings is 1. The van der Waals surface area contributed by atoms with E-state index in [0.717, 1.165) is 12.8 Å². The van der Waals surface area contributed by atoms with E-state index < -0.39 is 5.97 Å². The Bertz CT molecular complexity index is 227. The number of nitrogens with one attached hydrogen (secondary N) is 1. The van der Waals surface area contributed by atoms with Gasteiger partial charge in [0.15, 0.2) is 0 Å². The normalized spacial score (nSPS) is 21.9. The maximum absolute atomic E-state index is 8.89. The highest BCUT2D eigenvalue weighted by Gasteiger charge is 2.18. The predicted molar refractivity (Wildman–Crippen MR) is 82.6 cm³/mol. The minimum atomic E-state index is -1.08. The Morgan fingerprint density at radius 1 is 1.15 bits per heavy atom. The number of unbranched alkanes of at least 4 members (excludes halogenated alkanes) is 6. The third kappa shape index (κ3) is 13.9. The van der Waals surface area contributed by atoms with Gasteiger partial charge in [-0.05, 0) is 32.6 Å².